The fraction of sp³-hybridized carbons (Fsp3) is 0.250. The van der Waals surface area contributed by atoms with Crippen LogP contribution in [0.4, 0.5) is 0 Å². The Morgan fingerprint density at radius 1 is 1.44 bits per heavy atom. The van der Waals surface area contributed by atoms with Crippen LogP contribution in [0.2, 0.25) is 0 Å². The summed E-state index contributed by atoms with van der Waals surface area (Å²) < 4.78 is 0. The summed E-state index contributed by atoms with van der Waals surface area (Å²) in [5, 5.41) is 0. The second kappa shape index (κ2) is 10.1. The van der Waals surface area contributed by atoms with Gasteiger partial charge in [-0.2, -0.15) is 0 Å². The van der Waals surface area contributed by atoms with Crippen molar-refractivity contribution in [1.82, 2.24) is 0 Å². The van der Waals surface area contributed by atoms with E-state index in [1.807, 2.05) is 19.9 Å². The molecule has 1 heteroatoms. The van der Waals surface area contributed by atoms with E-state index in [0.29, 0.717) is 5.70 Å². The third-order valence-corrected chi connectivity index (χ3v) is 0.381. The zero-order valence-corrected chi connectivity index (χ0v) is 6.22. The Hall–Kier alpha value is -0.980. The average molecular weight is 125 g/mol. The predicted octanol–water partition coefficient (Wildman–Crippen LogP) is 2.23. The molecule has 0 heterocycles. The lowest BCUT2D eigenvalue weighted by molar-refractivity contribution is 1.44. The van der Waals surface area contributed by atoms with E-state index in [1.54, 1.807) is 12.2 Å². The summed E-state index contributed by atoms with van der Waals surface area (Å²) in [5.74, 6) is 0. The third kappa shape index (κ3) is 43.4. The van der Waals surface area contributed by atoms with Crippen LogP contribution in [-0.4, -0.2) is 0 Å². The summed E-state index contributed by atoms with van der Waals surface area (Å²) >= 11 is 0. The van der Waals surface area contributed by atoms with Crippen LogP contribution in [0.3, 0.4) is 0 Å². The van der Waals surface area contributed by atoms with Gasteiger partial charge in [-0.05, 0) is 19.9 Å². The van der Waals surface area contributed by atoms with Gasteiger partial charge in [-0.3, -0.25) is 0 Å². The standard InChI is InChI=1S/C5H9N.C3H6/c1-3-4-5(2)6;1-3-2/h3-4H,2,6H2,1H3;3H,1H2,2H3/b4-3-;. The summed E-state index contributed by atoms with van der Waals surface area (Å²) in [7, 11) is 0. The summed E-state index contributed by atoms with van der Waals surface area (Å²) in [6.07, 6.45) is 5.35. The number of rotatable bonds is 1. The number of hydrogen-bond acceptors (Lipinski definition) is 1. The fourth-order valence-corrected chi connectivity index (χ4v) is 0.214. The third-order valence-electron chi connectivity index (χ3n) is 0.381. The van der Waals surface area contributed by atoms with Crippen LogP contribution in [0.1, 0.15) is 13.8 Å². The van der Waals surface area contributed by atoms with Crippen molar-refractivity contribution < 1.29 is 0 Å². The molecule has 9 heavy (non-hydrogen) atoms. The van der Waals surface area contributed by atoms with Gasteiger partial charge in [0.25, 0.3) is 0 Å². The average Bonchev–Trinajstić information content (AvgIpc) is 1.67. The maximum absolute atomic E-state index is 5.12. The minimum Gasteiger partial charge on any atom is -0.399 e. The molecule has 2 N–H and O–H groups in total. The quantitative estimate of drug-likeness (QED) is 0.422. The minimum absolute atomic E-state index is 0.609. The lowest BCUT2D eigenvalue weighted by atomic mass is 10.4. The highest BCUT2D eigenvalue weighted by atomic mass is 14.5. The molecule has 0 aliphatic rings. The topological polar surface area (TPSA) is 26.0 Å². The highest BCUT2D eigenvalue weighted by molar-refractivity contribution is 5.07. The molecule has 0 atom stereocenters. The second-order valence-electron chi connectivity index (χ2n) is 1.48. The predicted molar refractivity (Wildman–Crippen MR) is 44.0 cm³/mol. The Balaban J connectivity index is 0. The maximum Gasteiger partial charge on any atom is 0.0237 e. The summed E-state index contributed by atoms with van der Waals surface area (Å²) in [4.78, 5) is 0. The van der Waals surface area contributed by atoms with Crippen molar-refractivity contribution in [2.24, 2.45) is 5.73 Å². The van der Waals surface area contributed by atoms with E-state index < -0.39 is 0 Å². The van der Waals surface area contributed by atoms with Gasteiger partial charge in [0.05, 0.1) is 0 Å². The molecule has 0 aromatic rings. The van der Waals surface area contributed by atoms with Gasteiger partial charge in [0.1, 0.15) is 0 Å². The summed E-state index contributed by atoms with van der Waals surface area (Å²) in [6.45, 7) is 10.6. The van der Waals surface area contributed by atoms with Crippen molar-refractivity contribution in [2.75, 3.05) is 0 Å². The van der Waals surface area contributed by atoms with E-state index in [-0.39, 0.29) is 0 Å². The van der Waals surface area contributed by atoms with Crippen LogP contribution in [0.25, 0.3) is 0 Å². The van der Waals surface area contributed by atoms with Crippen LogP contribution < -0.4 is 5.73 Å². The van der Waals surface area contributed by atoms with Gasteiger partial charge in [0.2, 0.25) is 0 Å². The molecule has 0 unspecified atom stereocenters. The Bertz CT molecular complexity index is 101. The van der Waals surface area contributed by atoms with Crippen LogP contribution in [-0.2, 0) is 0 Å². The van der Waals surface area contributed by atoms with Crippen molar-refractivity contribution in [3.05, 3.63) is 37.1 Å². The van der Waals surface area contributed by atoms with Crippen molar-refractivity contribution in [3.63, 3.8) is 0 Å². The van der Waals surface area contributed by atoms with E-state index >= 15 is 0 Å². The van der Waals surface area contributed by atoms with Crippen LogP contribution in [0.5, 0.6) is 0 Å². The first-order valence-corrected chi connectivity index (χ1v) is 2.83. The number of allylic oxidation sites excluding steroid dienone is 3. The number of nitrogens with two attached hydrogens (primary N) is 1. The van der Waals surface area contributed by atoms with Gasteiger partial charge >= 0.3 is 0 Å². The SMILES string of the molecule is C=C(N)/C=C\C.C=CC. The van der Waals surface area contributed by atoms with Gasteiger partial charge in [0, 0.05) is 5.70 Å². The van der Waals surface area contributed by atoms with Gasteiger partial charge in [-0.25, -0.2) is 0 Å². The number of hydrogen-bond donors (Lipinski definition) is 1. The fourth-order valence-electron chi connectivity index (χ4n) is 0.214. The summed E-state index contributed by atoms with van der Waals surface area (Å²) in [6, 6.07) is 0. The Morgan fingerprint density at radius 3 is 1.78 bits per heavy atom. The van der Waals surface area contributed by atoms with Gasteiger partial charge < -0.3 is 5.73 Å². The lowest BCUT2D eigenvalue weighted by Crippen LogP contribution is -1.86. The van der Waals surface area contributed by atoms with E-state index in [2.05, 4.69) is 13.2 Å². The van der Waals surface area contributed by atoms with Crippen LogP contribution in [0, 0.1) is 0 Å². The normalized spacial score (nSPS) is 7.78. The molecular weight excluding hydrogens is 110 g/mol. The molecule has 0 aromatic carbocycles. The van der Waals surface area contributed by atoms with E-state index in [4.69, 9.17) is 5.73 Å². The molecule has 0 radical (unpaired) electrons. The zero-order chi connectivity index (χ0) is 7.70. The first-order chi connectivity index (χ1) is 4.18. The lowest BCUT2D eigenvalue weighted by Gasteiger charge is -1.78. The molecule has 0 aliphatic heterocycles. The molecule has 0 aliphatic carbocycles. The second-order valence-corrected chi connectivity index (χ2v) is 1.48. The smallest absolute Gasteiger partial charge is 0.0237 e. The van der Waals surface area contributed by atoms with Gasteiger partial charge in [0.15, 0.2) is 0 Å². The highest BCUT2D eigenvalue weighted by Crippen LogP contribution is 1.75. The molecule has 0 bridgehead atoms. The first-order valence-electron chi connectivity index (χ1n) is 2.83. The Labute approximate surface area is 57.6 Å². The minimum atomic E-state index is 0.609. The van der Waals surface area contributed by atoms with Crippen molar-refractivity contribution in [2.45, 2.75) is 13.8 Å². The maximum atomic E-state index is 5.12. The zero-order valence-electron chi connectivity index (χ0n) is 6.22. The Morgan fingerprint density at radius 2 is 1.78 bits per heavy atom. The summed E-state index contributed by atoms with van der Waals surface area (Å²) in [5.41, 5.74) is 5.73. The molecule has 0 amide bonds. The van der Waals surface area contributed by atoms with E-state index in [9.17, 15) is 0 Å². The molecule has 0 spiro atoms. The van der Waals surface area contributed by atoms with Crippen LogP contribution >= 0.6 is 0 Å². The molecule has 0 aromatic heterocycles. The van der Waals surface area contributed by atoms with Crippen molar-refractivity contribution in [1.29, 1.82) is 0 Å². The van der Waals surface area contributed by atoms with Crippen LogP contribution in [0.15, 0.2) is 37.1 Å². The molecule has 0 saturated carbocycles. The van der Waals surface area contributed by atoms with E-state index in [1.165, 1.54) is 0 Å². The largest absolute Gasteiger partial charge is 0.399 e. The Kier molecular flexibility index (Phi) is 12.2. The molecule has 0 rings (SSSR count). The van der Waals surface area contributed by atoms with Crippen molar-refractivity contribution in [3.8, 4) is 0 Å². The molecule has 52 valence electrons. The first kappa shape index (κ1) is 10.9. The van der Waals surface area contributed by atoms with Gasteiger partial charge in [-0.15, -0.1) is 6.58 Å². The molecule has 0 fully saturated rings. The van der Waals surface area contributed by atoms with Crippen molar-refractivity contribution >= 4 is 0 Å². The van der Waals surface area contributed by atoms with E-state index in [0.717, 1.165) is 0 Å². The molecule has 1 nitrogen and oxygen atoms in total. The monoisotopic (exact) mass is 125 g/mol. The molecular formula is C8H15N. The van der Waals surface area contributed by atoms with Gasteiger partial charge in [-0.1, -0.05) is 18.7 Å². The highest BCUT2D eigenvalue weighted by Gasteiger charge is 1.63. The molecule has 0 saturated heterocycles.